The molecule has 2 rings (SSSR count). The number of rotatable bonds is 5. The first-order chi connectivity index (χ1) is 10.4. The van der Waals surface area contributed by atoms with Crippen molar-refractivity contribution in [2.75, 3.05) is 0 Å². The van der Waals surface area contributed by atoms with Crippen LogP contribution in [0.2, 0.25) is 0 Å². The SMILES string of the molecule is CC(C)c1cc(C(C)(C)C2CC2C)cc(C(C)C)c1S(=O)(=O)O. The monoisotopic (exact) mass is 338 g/mol. The Hall–Kier alpha value is -0.870. The lowest BCUT2D eigenvalue weighted by Gasteiger charge is -2.29. The highest BCUT2D eigenvalue weighted by molar-refractivity contribution is 7.86. The van der Waals surface area contributed by atoms with Gasteiger partial charge in [-0.25, -0.2) is 0 Å². The fourth-order valence-electron chi connectivity index (χ4n) is 3.74. The summed E-state index contributed by atoms with van der Waals surface area (Å²) in [5.41, 5.74) is 2.67. The van der Waals surface area contributed by atoms with Crippen LogP contribution in [0.25, 0.3) is 0 Å². The van der Waals surface area contributed by atoms with Crippen LogP contribution in [0.5, 0.6) is 0 Å². The maximum Gasteiger partial charge on any atom is 0.295 e. The number of hydrogen-bond donors (Lipinski definition) is 1. The third-order valence-electron chi connectivity index (χ3n) is 5.43. The van der Waals surface area contributed by atoms with Crippen molar-refractivity contribution in [3.8, 4) is 0 Å². The van der Waals surface area contributed by atoms with E-state index in [0.717, 1.165) is 17.0 Å². The summed E-state index contributed by atoms with van der Waals surface area (Å²) in [4.78, 5) is 0.117. The Morgan fingerprint density at radius 2 is 1.48 bits per heavy atom. The lowest BCUT2D eigenvalue weighted by atomic mass is 9.76. The Morgan fingerprint density at radius 3 is 1.74 bits per heavy atom. The van der Waals surface area contributed by atoms with E-state index in [0.29, 0.717) is 5.92 Å². The summed E-state index contributed by atoms with van der Waals surface area (Å²) >= 11 is 0. The molecule has 1 N–H and O–H groups in total. The minimum atomic E-state index is -4.23. The van der Waals surface area contributed by atoms with Crippen molar-refractivity contribution in [1.29, 1.82) is 0 Å². The van der Waals surface area contributed by atoms with Crippen molar-refractivity contribution >= 4 is 10.1 Å². The van der Waals surface area contributed by atoms with E-state index in [9.17, 15) is 13.0 Å². The zero-order valence-corrected chi connectivity index (χ0v) is 16.2. The van der Waals surface area contributed by atoms with Gasteiger partial charge in [0.15, 0.2) is 0 Å². The minimum absolute atomic E-state index is 0.0183. The van der Waals surface area contributed by atoms with Crippen molar-refractivity contribution in [2.45, 2.75) is 77.0 Å². The van der Waals surface area contributed by atoms with Crippen LogP contribution in [0.4, 0.5) is 0 Å². The summed E-state index contributed by atoms with van der Waals surface area (Å²) in [6, 6.07) is 4.01. The molecule has 0 aromatic heterocycles. The van der Waals surface area contributed by atoms with Crippen molar-refractivity contribution in [3.63, 3.8) is 0 Å². The molecule has 0 bridgehead atoms. The molecule has 1 fully saturated rings. The van der Waals surface area contributed by atoms with Crippen LogP contribution in [0.1, 0.15) is 83.4 Å². The van der Waals surface area contributed by atoms with Crippen LogP contribution in [0, 0.1) is 11.8 Å². The summed E-state index contributed by atoms with van der Waals surface area (Å²) in [7, 11) is -4.23. The fraction of sp³-hybridized carbons (Fsp3) is 0.684. The minimum Gasteiger partial charge on any atom is -0.282 e. The highest BCUT2D eigenvalue weighted by Crippen LogP contribution is 2.52. The lowest BCUT2D eigenvalue weighted by Crippen LogP contribution is -2.23. The zero-order chi connectivity index (χ0) is 17.7. The second-order valence-corrected chi connectivity index (χ2v) is 9.67. The van der Waals surface area contributed by atoms with E-state index in [1.165, 1.54) is 12.0 Å². The Balaban J connectivity index is 2.74. The second-order valence-electron chi connectivity index (χ2n) is 8.31. The van der Waals surface area contributed by atoms with Gasteiger partial charge in [0.2, 0.25) is 0 Å². The summed E-state index contributed by atoms with van der Waals surface area (Å²) in [5, 5.41) is 0. The van der Waals surface area contributed by atoms with Crippen LogP contribution >= 0.6 is 0 Å². The molecule has 2 unspecified atom stereocenters. The van der Waals surface area contributed by atoms with Crippen LogP contribution in [-0.4, -0.2) is 13.0 Å². The summed E-state index contributed by atoms with van der Waals surface area (Å²) in [6.45, 7) is 14.7. The van der Waals surface area contributed by atoms with Crippen LogP contribution in [0.15, 0.2) is 17.0 Å². The zero-order valence-electron chi connectivity index (χ0n) is 15.3. The first-order valence-corrected chi connectivity index (χ1v) is 9.97. The van der Waals surface area contributed by atoms with Crippen molar-refractivity contribution in [1.82, 2.24) is 0 Å². The Labute approximate surface area is 141 Å². The molecule has 0 radical (unpaired) electrons. The van der Waals surface area contributed by atoms with Gasteiger partial charge in [-0.1, -0.05) is 60.6 Å². The van der Waals surface area contributed by atoms with Gasteiger partial charge in [-0.3, -0.25) is 4.55 Å². The maximum atomic E-state index is 12.0. The quantitative estimate of drug-likeness (QED) is 0.759. The van der Waals surface area contributed by atoms with Crippen LogP contribution < -0.4 is 0 Å². The van der Waals surface area contributed by atoms with Crippen molar-refractivity contribution in [2.24, 2.45) is 11.8 Å². The molecule has 0 spiro atoms. The number of benzene rings is 1. The van der Waals surface area contributed by atoms with E-state index in [4.69, 9.17) is 0 Å². The Bertz CT molecular complexity index is 670. The van der Waals surface area contributed by atoms with Gasteiger partial charge in [-0.2, -0.15) is 8.42 Å². The van der Waals surface area contributed by atoms with Gasteiger partial charge in [0.25, 0.3) is 10.1 Å². The highest BCUT2D eigenvalue weighted by atomic mass is 32.2. The standard InChI is InChI=1S/C19H30O3S/c1-11(2)15-9-14(19(6,7)17-8-13(17)5)10-16(12(3)4)18(15)23(20,21)22/h9-13,17H,8H2,1-7H3,(H,20,21,22). The van der Waals surface area contributed by atoms with Crippen LogP contribution in [0.3, 0.4) is 0 Å². The predicted molar refractivity (Wildman–Crippen MR) is 94.7 cm³/mol. The molecule has 0 saturated heterocycles. The lowest BCUT2D eigenvalue weighted by molar-refractivity contribution is 0.429. The molecule has 1 aliphatic carbocycles. The largest absolute Gasteiger partial charge is 0.295 e. The van der Waals surface area contributed by atoms with Gasteiger partial charge in [0, 0.05) is 0 Å². The summed E-state index contributed by atoms with van der Waals surface area (Å²) < 4.78 is 33.8. The third kappa shape index (κ3) is 3.48. The first-order valence-electron chi connectivity index (χ1n) is 8.53. The molecule has 1 aliphatic rings. The summed E-state index contributed by atoms with van der Waals surface area (Å²) in [5.74, 6) is 1.43. The van der Waals surface area contributed by atoms with Crippen LogP contribution in [-0.2, 0) is 15.5 Å². The number of hydrogen-bond acceptors (Lipinski definition) is 2. The highest BCUT2D eigenvalue weighted by Gasteiger charge is 2.46. The molecule has 0 amide bonds. The molecule has 23 heavy (non-hydrogen) atoms. The molecule has 1 aromatic rings. The van der Waals surface area contributed by atoms with E-state index < -0.39 is 10.1 Å². The molecule has 130 valence electrons. The van der Waals surface area contributed by atoms with Gasteiger partial charge >= 0.3 is 0 Å². The maximum absolute atomic E-state index is 12.0. The average Bonchev–Trinajstić information content (AvgIpc) is 3.13. The predicted octanol–water partition coefficient (Wildman–Crippen LogP) is 5.11. The smallest absolute Gasteiger partial charge is 0.282 e. The first kappa shape index (κ1) is 18.5. The van der Waals surface area contributed by atoms with E-state index >= 15 is 0 Å². The Morgan fingerprint density at radius 1 is 1.09 bits per heavy atom. The molecule has 0 aliphatic heterocycles. The second kappa shape index (κ2) is 5.89. The van der Waals surface area contributed by atoms with Crippen molar-refractivity contribution < 1.29 is 13.0 Å². The molecular formula is C19H30O3S. The average molecular weight is 339 g/mol. The molecule has 2 atom stereocenters. The topological polar surface area (TPSA) is 54.4 Å². The molecular weight excluding hydrogens is 308 g/mol. The van der Waals surface area contributed by atoms with Gasteiger partial charge < -0.3 is 0 Å². The van der Waals surface area contributed by atoms with E-state index in [-0.39, 0.29) is 22.1 Å². The van der Waals surface area contributed by atoms with Gasteiger partial charge in [0.1, 0.15) is 4.90 Å². The van der Waals surface area contributed by atoms with Crippen molar-refractivity contribution in [3.05, 3.63) is 28.8 Å². The Kier molecular flexibility index (Phi) is 4.73. The van der Waals surface area contributed by atoms with E-state index in [2.05, 4.69) is 20.8 Å². The van der Waals surface area contributed by atoms with E-state index in [1.807, 2.05) is 39.8 Å². The third-order valence-corrected chi connectivity index (χ3v) is 6.42. The van der Waals surface area contributed by atoms with Gasteiger partial charge in [-0.15, -0.1) is 0 Å². The molecule has 1 aromatic carbocycles. The normalized spacial score (nSPS) is 22.0. The molecule has 3 nitrogen and oxygen atoms in total. The van der Waals surface area contributed by atoms with Gasteiger partial charge in [-0.05, 0) is 52.2 Å². The summed E-state index contributed by atoms with van der Waals surface area (Å²) in [6.07, 6.45) is 1.22. The molecule has 0 heterocycles. The van der Waals surface area contributed by atoms with E-state index in [1.54, 1.807) is 0 Å². The molecule has 4 heteroatoms. The molecule has 1 saturated carbocycles. The fourth-order valence-corrected chi connectivity index (χ4v) is 4.93. The van der Waals surface area contributed by atoms with Gasteiger partial charge in [0.05, 0.1) is 0 Å².